The van der Waals surface area contributed by atoms with Crippen LogP contribution in [0.2, 0.25) is 0 Å². The van der Waals surface area contributed by atoms with Crippen LogP contribution in [-0.2, 0) is 7.05 Å². The van der Waals surface area contributed by atoms with E-state index in [1.807, 2.05) is 30.1 Å². The van der Waals surface area contributed by atoms with E-state index in [-0.39, 0.29) is 17.9 Å². The average Bonchev–Trinajstić information content (AvgIpc) is 3.21. The molecule has 3 rings (SSSR count). The summed E-state index contributed by atoms with van der Waals surface area (Å²) in [6, 6.07) is 7.23. The molecule has 0 saturated carbocycles. The smallest absolute Gasteiger partial charge is 0.276 e. The fraction of sp³-hybridized carbons (Fsp3) is 0.583. The number of ether oxygens (including phenoxy) is 1. The lowest BCUT2D eigenvalue weighted by Crippen LogP contribution is -2.45. The van der Waals surface area contributed by atoms with E-state index in [2.05, 4.69) is 24.2 Å². The van der Waals surface area contributed by atoms with E-state index in [0.717, 1.165) is 32.1 Å². The zero-order valence-corrected chi connectivity index (χ0v) is 19.7. The first-order chi connectivity index (χ1) is 15.4. The summed E-state index contributed by atoms with van der Waals surface area (Å²) in [7, 11) is 3.60. The Morgan fingerprint density at radius 3 is 2.53 bits per heavy atom. The van der Waals surface area contributed by atoms with Crippen molar-refractivity contribution in [1.82, 2.24) is 24.8 Å². The number of para-hydroxylation sites is 1. The highest BCUT2D eigenvalue weighted by Crippen LogP contribution is 2.23. The Bertz CT molecular complexity index is 911. The van der Waals surface area contributed by atoms with Gasteiger partial charge in [-0.1, -0.05) is 44.0 Å². The fourth-order valence-corrected chi connectivity index (χ4v) is 4.12. The number of hydrogen-bond donors (Lipinski definition) is 0. The second-order valence-electron chi connectivity index (χ2n) is 9.01. The molecular weight excluding hydrogens is 406 g/mol. The maximum absolute atomic E-state index is 13.4. The van der Waals surface area contributed by atoms with Crippen LogP contribution in [0.1, 0.15) is 66.8 Å². The largest absolute Gasteiger partial charge is 0.491 e. The number of nitrogens with zero attached hydrogens (tertiary/aromatic N) is 5. The third-order valence-electron chi connectivity index (χ3n) is 5.80. The van der Waals surface area contributed by atoms with E-state index in [9.17, 15) is 9.59 Å². The van der Waals surface area contributed by atoms with E-state index in [1.165, 1.54) is 0 Å². The van der Waals surface area contributed by atoms with Crippen molar-refractivity contribution in [3.63, 3.8) is 0 Å². The summed E-state index contributed by atoms with van der Waals surface area (Å²) in [6.45, 7) is 5.95. The fourth-order valence-electron chi connectivity index (χ4n) is 4.12. The van der Waals surface area contributed by atoms with Crippen molar-refractivity contribution in [1.29, 1.82) is 0 Å². The van der Waals surface area contributed by atoms with Crippen molar-refractivity contribution in [2.75, 3.05) is 26.7 Å². The van der Waals surface area contributed by atoms with Gasteiger partial charge >= 0.3 is 0 Å². The molecule has 2 amide bonds. The number of hydrogen-bond acceptors (Lipinski definition) is 5. The van der Waals surface area contributed by atoms with Gasteiger partial charge in [0.1, 0.15) is 12.4 Å². The molecule has 0 spiro atoms. The summed E-state index contributed by atoms with van der Waals surface area (Å²) in [5.41, 5.74) is 0.904. The molecule has 0 N–H and O–H groups in total. The van der Waals surface area contributed by atoms with Crippen LogP contribution in [0.5, 0.6) is 5.75 Å². The van der Waals surface area contributed by atoms with Gasteiger partial charge in [-0.05, 0) is 37.3 Å². The molecule has 1 atom stereocenters. The molecule has 1 aliphatic heterocycles. The van der Waals surface area contributed by atoms with Crippen LogP contribution in [0, 0.1) is 5.92 Å². The molecule has 0 radical (unpaired) electrons. The van der Waals surface area contributed by atoms with Crippen LogP contribution in [0.4, 0.5) is 0 Å². The third kappa shape index (κ3) is 6.08. The van der Waals surface area contributed by atoms with Gasteiger partial charge in [0.05, 0.1) is 17.8 Å². The van der Waals surface area contributed by atoms with Crippen LogP contribution in [0.3, 0.4) is 0 Å². The summed E-state index contributed by atoms with van der Waals surface area (Å²) >= 11 is 0. The van der Waals surface area contributed by atoms with E-state index >= 15 is 0 Å². The van der Waals surface area contributed by atoms with Gasteiger partial charge in [-0.15, -0.1) is 5.10 Å². The van der Waals surface area contributed by atoms with E-state index < -0.39 is 0 Å². The van der Waals surface area contributed by atoms with Crippen molar-refractivity contribution in [3.8, 4) is 5.75 Å². The number of carbonyl (C=O) groups is 2. The molecule has 1 aliphatic rings. The highest BCUT2D eigenvalue weighted by atomic mass is 16.5. The summed E-state index contributed by atoms with van der Waals surface area (Å²) in [4.78, 5) is 30.0. The molecule has 8 heteroatoms. The van der Waals surface area contributed by atoms with Crippen LogP contribution in [0.25, 0.3) is 0 Å². The molecule has 1 aromatic heterocycles. The Morgan fingerprint density at radius 1 is 1.12 bits per heavy atom. The van der Waals surface area contributed by atoms with Gasteiger partial charge < -0.3 is 14.5 Å². The number of fused-ring (bicyclic) bond motifs is 1. The molecule has 2 aromatic rings. The number of aromatic nitrogens is 3. The highest BCUT2D eigenvalue weighted by Gasteiger charge is 2.28. The zero-order chi connectivity index (χ0) is 23.1. The molecule has 1 aromatic carbocycles. The summed E-state index contributed by atoms with van der Waals surface area (Å²) in [5, 5.41) is 7.98. The van der Waals surface area contributed by atoms with Gasteiger partial charge in [0, 0.05) is 27.2 Å². The minimum atomic E-state index is -0.131. The summed E-state index contributed by atoms with van der Waals surface area (Å²) in [6.07, 6.45) is 6.29. The molecule has 8 nitrogen and oxygen atoms in total. The lowest BCUT2D eigenvalue weighted by Gasteiger charge is -2.33. The second kappa shape index (κ2) is 11.1. The first-order valence-electron chi connectivity index (χ1n) is 11.5. The number of amides is 2. The summed E-state index contributed by atoms with van der Waals surface area (Å²) < 4.78 is 7.75. The Balaban J connectivity index is 1.91. The molecule has 0 aliphatic carbocycles. The van der Waals surface area contributed by atoms with Gasteiger partial charge in [-0.2, -0.15) is 0 Å². The lowest BCUT2D eigenvalue weighted by molar-refractivity contribution is 0.0561. The molecule has 2 heterocycles. The topological polar surface area (TPSA) is 80.6 Å². The van der Waals surface area contributed by atoms with E-state index in [4.69, 9.17) is 4.74 Å². The van der Waals surface area contributed by atoms with Crippen LogP contribution in [0.15, 0.2) is 30.5 Å². The summed E-state index contributed by atoms with van der Waals surface area (Å²) in [5.74, 6) is 0.777. The minimum absolute atomic E-state index is 0.0365. The SMILES string of the molecule is CC(C)C[C@H]1COc2ccccc2C(=O)N(C)CCCCCCN1C(=O)c1cn(C)nn1. The molecule has 32 heavy (non-hydrogen) atoms. The average molecular weight is 442 g/mol. The first kappa shape index (κ1) is 23.8. The molecule has 174 valence electrons. The molecule has 0 saturated heterocycles. The van der Waals surface area contributed by atoms with Crippen LogP contribution in [-0.4, -0.2) is 69.4 Å². The van der Waals surface area contributed by atoms with Crippen LogP contribution < -0.4 is 4.74 Å². The van der Waals surface area contributed by atoms with Gasteiger partial charge in [-0.3, -0.25) is 14.3 Å². The maximum Gasteiger partial charge on any atom is 0.276 e. The molecular formula is C24H35N5O3. The number of aryl methyl sites for hydroxylation is 1. The Morgan fingerprint density at radius 2 is 1.84 bits per heavy atom. The van der Waals surface area contributed by atoms with Crippen molar-refractivity contribution >= 4 is 11.8 Å². The minimum Gasteiger partial charge on any atom is -0.491 e. The Kier molecular flexibility index (Phi) is 8.25. The third-order valence-corrected chi connectivity index (χ3v) is 5.80. The number of benzene rings is 1. The quantitative estimate of drug-likeness (QED) is 0.729. The van der Waals surface area contributed by atoms with Crippen molar-refractivity contribution in [2.45, 2.75) is 52.0 Å². The van der Waals surface area contributed by atoms with Crippen molar-refractivity contribution in [2.24, 2.45) is 13.0 Å². The highest BCUT2D eigenvalue weighted by molar-refractivity contribution is 5.96. The predicted octanol–water partition coefficient (Wildman–Crippen LogP) is 3.40. The van der Waals surface area contributed by atoms with Crippen molar-refractivity contribution < 1.29 is 14.3 Å². The van der Waals surface area contributed by atoms with Crippen LogP contribution >= 0.6 is 0 Å². The standard InChI is InChI=1S/C24H35N5O3/c1-18(2)15-19-17-32-22-12-8-7-11-20(22)23(30)27(3)13-9-5-6-10-14-29(19)24(31)21-16-28(4)26-25-21/h7-8,11-12,16,18-19H,5-6,9-10,13-15,17H2,1-4H3/t19-/m0/s1. The number of rotatable bonds is 3. The Labute approximate surface area is 190 Å². The molecule has 0 bridgehead atoms. The molecule has 0 unspecified atom stereocenters. The normalized spacial score (nSPS) is 18.8. The monoisotopic (exact) mass is 441 g/mol. The second-order valence-corrected chi connectivity index (χ2v) is 9.01. The van der Waals surface area contributed by atoms with Gasteiger partial charge in [0.15, 0.2) is 5.69 Å². The van der Waals surface area contributed by atoms with Gasteiger partial charge in [0.25, 0.3) is 11.8 Å². The zero-order valence-electron chi connectivity index (χ0n) is 19.7. The predicted molar refractivity (Wildman–Crippen MR) is 123 cm³/mol. The maximum atomic E-state index is 13.4. The van der Waals surface area contributed by atoms with Crippen molar-refractivity contribution in [3.05, 3.63) is 41.7 Å². The lowest BCUT2D eigenvalue weighted by atomic mass is 10.0. The Hall–Kier alpha value is -2.90. The molecule has 0 fully saturated rings. The van der Waals surface area contributed by atoms with Gasteiger partial charge in [0.2, 0.25) is 0 Å². The van der Waals surface area contributed by atoms with Gasteiger partial charge in [-0.25, -0.2) is 0 Å². The van der Waals surface area contributed by atoms with E-state index in [0.29, 0.717) is 42.6 Å². The first-order valence-corrected chi connectivity index (χ1v) is 11.5. The van der Waals surface area contributed by atoms with E-state index in [1.54, 1.807) is 28.9 Å². The number of carbonyl (C=O) groups excluding carboxylic acids is 2.